The van der Waals surface area contributed by atoms with Crippen molar-refractivity contribution in [2.45, 2.75) is 25.6 Å². The number of halogens is 1. The maximum atomic E-state index is 11.5. The molecule has 1 aromatic heterocycles. The van der Waals surface area contributed by atoms with Crippen LogP contribution in [-0.2, 0) is 15.8 Å². The van der Waals surface area contributed by atoms with E-state index in [1.165, 1.54) is 11.3 Å². The van der Waals surface area contributed by atoms with Gasteiger partial charge < -0.3 is 0 Å². The Hall–Kier alpha value is -0.100. The average molecular weight is 254 g/mol. The summed E-state index contributed by atoms with van der Waals surface area (Å²) in [4.78, 5) is 0. The van der Waals surface area contributed by atoms with Crippen LogP contribution >= 0.6 is 22.9 Å². The largest absolute Gasteiger partial charge is 0.216 e. The van der Waals surface area contributed by atoms with Crippen LogP contribution in [0, 0.1) is 0 Å². The highest BCUT2D eigenvalue weighted by Gasteiger charge is 2.13. The van der Waals surface area contributed by atoms with Crippen molar-refractivity contribution in [1.29, 1.82) is 0 Å². The molecule has 0 fully saturated rings. The second kappa shape index (κ2) is 4.61. The lowest BCUT2D eigenvalue weighted by molar-refractivity contribution is 0.569. The number of hydrogen-bond acceptors (Lipinski definition) is 3. The van der Waals surface area contributed by atoms with Crippen molar-refractivity contribution < 1.29 is 8.42 Å². The Kier molecular flexibility index (Phi) is 3.94. The van der Waals surface area contributed by atoms with Crippen LogP contribution in [0.3, 0.4) is 0 Å². The van der Waals surface area contributed by atoms with Crippen LogP contribution in [-0.4, -0.2) is 14.5 Å². The lowest BCUT2D eigenvalue weighted by Gasteiger charge is -2.07. The second-order valence-electron chi connectivity index (χ2n) is 3.29. The van der Waals surface area contributed by atoms with Gasteiger partial charge in [0.1, 0.15) is 0 Å². The molecule has 1 N–H and O–H groups in total. The third kappa shape index (κ3) is 3.96. The average Bonchev–Trinajstić information content (AvgIpc) is 2.30. The van der Waals surface area contributed by atoms with Gasteiger partial charge in [0.15, 0.2) is 0 Å². The summed E-state index contributed by atoms with van der Waals surface area (Å²) in [5.41, 5.74) is 0.730. The Morgan fingerprint density at radius 3 is 2.64 bits per heavy atom. The zero-order valence-electron chi connectivity index (χ0n) is 7.95. The fourth-order valence-corrected chi connectivity index (χ4v) is 3.46. The molecule has 3 nitrogen and oxygen atoms in total. The van der Waals surface area contributed by atoms with Gasteiger partial charge in [0.05, 0.1) is 10.1 Å². The third-order valence-electron chi connectivity index (χ3n) is 1.39. The minimum atomic E-state index is -3.22. The maximum absolute atomic E-state index is 11.5. The molecule has 1 aromatic rings. The van der Waals surface area contributed by atoms with Crippen molar-refractivity contribution in [2.24, 2.45) is 0 Å². The molecule has 0 unspecified atom stereocenters. The molecular formula is C8H12ClNO2S2. The van der Waals surface area contributed by atoms with E-state index in [9.17, 15) is 8.42 Å². The predicted molar refractivity (Wildman–Crippen MR) is 60.2 cm³/mol. The molecule has 0 aliphatic carbocycles. The Bertz CT molecular complexity index is 397. The van der Waals surface area contributed by atoms with Crippen molar-refractivity contribution in [3.63, 3.8) is 0 Å². The van der Waals surface area contributed by atoms with Gasteiger partial charge in [-0.15, -0.1) is 11.3 Å². The van der Waals surface area contributed by atoms with Gasteiger partial charge in [-0.1, -0.05) is 11.6 Å². The molecule has 1 heterocycles. The molecule has 6 heteroatoms. The van der Waals surface area contributed by atoms with E-state index >= 15 is 0 Å². The van der Waals surface area contributed by atoms with E-state index in [1.807, 2.05) is 0 Å². The SMILES string of the molecule is CC(C)NS(=O)(=O)Cc1csc(Cl)c1. The molecule has 0 radical (unpaired) electrons. The van der Waals surface area contributed by atoms with Crippen molar-refractivity contribution in [1.82, 2.24) is 4.72 Å². The first kappa shape index (κ1) is 12.0. The maximum Gasteiger partial charge on any atom is 0.216 e. The molecule has 0 amide bonds. The lowest BCUT2D eigenvalue weighted by atomic mass is 10.4. The summed E-state index contributed by atoms with van der Waals surface area (Å²) in [7, 11) is -3.22. The van der Waals surface area contributed by atoms with Gasteiger partial charge in [-0.05, 0) is 30.9 Å². The lowest BCUT2D eigenvalue weighted by Crippen LogP contribution is -2.31. The fourth-order valence-electron chi connectivity index (χ4n) is 1.04. The summed E-state index contributed by atoms with van der Waals surface area (Å²) in [6.07, 6.45) is 0. The zero-order valence-corrected chi connectivity index (χ0v) is 10.3. The van der Waals surface area contributed by atoms with E-state index in [-0.39, 0.29) is 11.8 Å². The monoisotopic (exact) mass is 253 g/mol. The van der Waals surface area contributed by atoms with Gasteiger partial charge in [-0.2, -0.15) is 0 Å². The summed E-state index contributed by atoms with van der Waals surface area (Å²) in [6, 6.07) is 1.60. The molecule has 0 aliphatic heterocycles. The molecule has 0 bridgehead atoms. The van der Waals surface area contributed by atoms with Gasteiger partial charge in [0, 0.05) is 6.04 Å². The minimum absolute atomic E-state index is 0.00556. The summed E-state index contributed by atoms with van der Waals surface area (Å²) in [5.74, 6) is -0.00556. The van der Waals surface area contributed by atoms with Crippen LogP contribution in [0.5, 0.6) is 0 Å². The van der Waals surface area contributed by atoms with Gasteiger partial charge in [-0.3, -0.25) is 0 Å². The van der Waals surface area contributed by atoms with Gasteiger partial charge in [0.2, 0.25) is 10.0 Å². The molecule has 0 saturated carbocycles. The summed E-state index contributed by atoms with van der Waals surface area (Å²) in [5, 5.41) is 1.75. The van der Waals surface area contributed by atoms with Crippen molar-refractivity contribution in [2.75, 3.05) is 0 Å². The Labute approximate surface area is 93.1 Å². The molecule has 1 rings (SSSR count). The third-order valence-corrected chi connectivity index (χ3v) is 4.08. The van der Waals surface area contributed by atoms with E-state index < -0.39 is 10.0 Å². The number of rotatable bonds is 4. The van der Waals surface area contributed by atoms with E-state index in [2.05, 4.69) is 4.72 Å². The minimum Gasteiger partial charge on any atom is -0.212 e. The summed E-state index contributed by atoms with van der Waals surface area (Å²) >= 11 is 7.04. The molecule has 14 heavy (non-hydrogen) atoms. The van der Waals surface area contributed by atoms with Gasteiger partial charge >= 0.3 is 0 Å². The number of hydrogen-bond donors (Lipinski definition) is 1. The Morgan fingerprint density at radius 2 is 2.21 bits per heavy atom. The first-order chi connectivity index (χ1) is 6.39. The van der Waals surface area contributed by atoms with Crippen LogP contribution in [0.1, 0.15) is 19.4 Å². The highest BCUT2D eigenvalue weighted by atomic mass is 35.5. The molecule has 80 valence electrons. The van der Waals surface area contributed by atoms with Crippen LogP contribution in [0.2, 0.25) is 4.34 Å². The highest BCUT2D eigenvalue weighted by molar-refractivity contribution is 7.88. The summed E-state index contributed by atoms with van der Waals surface area (Å²) in [6.45, 7) is 3.58. The smallest absolute Gasteiger partial charge is 0.212 e. The van der Waals surface area contributed by atoms with Crippen LogP contribution in [0.15, 0.2) is 11.4 Å². The van der Waals surface area contributed by atoms with Gasteiger partial charge in [-0.25, -0.2) is 13.1 Å². The van der Waals surface area contributed by atoms with Crippen LogP contribution in [0.25, 0.3) is 0 Å². The topological polar surface area (TPSA) is 46.2 Å². The van der Waals surface area contributed by atoms with E-state index in [0.717, 1.165) is 5.56 Å². The van der Waals surface area contributed by atoms with E-state index in [1.54, 1.807) is 25.3 Å². The summed E-state index contributed by atoms with van der Waals surface area (Å²) < 4.78 is 26.1. The highest BCUT2D eigenvalue weighted by Crippen LogP contribution is 2.21. The van der Waals surface area contributed by atoms with E-state index in [0.29, 0.717) is 4.34 Å². The van der Waals surface area contributed by atoms with Crippen LogP contribution < -0.4 is 4.72 Å². The quantitative estimate of drug-likeness (QED) is 0.895. The Balaban J connectivity index is 2.69. The first-order valence-corrected chi connectivity index (χ1v) is 7.03. The molecule has 0 spiro atoms. The standard InChI is InChI=1S/C8H12ClNO2S2/c1-6(2)10-14(11,12)5-7-3-8(9)13-4-7/h3-4,6,10H,5H2,1-2H3. The Morgan fingerprint density at radius 1 is 1.57 bits per heavy atom. The van der Waals surface area contributed by atoms with Crippen molar-refractivity contribution in [3.05, 3.63) is 21.3 Å². The van der Waals surface area contributed by atoms with Crippen molar-refractivity contribution in [3.8, 4) is 0 Å². The number of nitrogens with one attached hydrogen (secondary N) is 1. The predicted octanol–water partition coefficient (Wildman–Crippen LogP) is 2.23. The first-order valence-electron chi connectivity index (χ1n) is 4.12. The normalized spacial score (nSPS) is 12.3. The van der Waals surface area contributed by atoms with Gasteiger partial charge in [0.25, 0.3) is 0 Å². The number of thiophene rings is 1. The molecule has 0 aromatic carbocycles. The van der Waals surface area contributed by atoms with E-state index in [4.69, 9.17) is 11.6 Å². The zero-order chi connectivity index (χ0) is 10.8. The van der Waals surface area contributed by atoms with Crippen LogP contribution in [0.4, 0.5) is 0 Å². The molecule has 0 saturated heterocycles. The molecule has 0 aliphatic rings. The molecule has 0 atom stereocenters. The van der Waals surface area contributed by atoms with Crippen molar-refractivity contribution >= 4 is 33.0 Å². The second-order valence-corrected chi connectivity index (χ2v) is 6.59. The molecular weight excluding hydrogens is 242 g/mol. The fraction of sp³-hybridized carbons (Fsp3) is 0.500. The number of sulfonamides is 1.